The summed E-state index contributed by atoms with van der Waals surface area (Å²) in [6, 6.07) is 8.93. The van der Waals surface area contributed by atoms with Gasteiger partial charge in [0.05, 0.1) is 7.11 Å². The Hall–Kier alpha value is -1.95. The molecule has 0 unspecified atom stereocenters. The molecule has 2 aliphatic rings. The van der Waals surface area contributed by atoms with E-state index in [9.17, 15) is 9.90 Å². The zero-order chi connectivity index (χ0) is 19.6. The number of hydrogen-bond donors (Lipinski definition) is 1. The van der Waals surface area contributed by atoms with Crippen molar-refractivity contribution in [3.8, 4) is 5.75 Å². The molecule has 150 valence electrons. The third-order valence-corrected chi connectivity index (χ3v) is 5.91. The molecule has 6 heteroatoms. The number of amides is 1. The molecule has 0 bridgehead atoms. The fourth-order valence-corrected chi connectivity index (χ4v) is 4.58. The van der Waals surface area contributed by atoms with E-state index in [2.05, 4.69) is 21.9 Å². The molecule has 1 N–H and O–H groups in total. The van der Waals surface area contributed by atoms with Crippen LogP contribution in [0.15, 0.2) is 24.3 Å². The van der Waals surface area contributed by atoms with Gasteiger partial charge in [0.2, 0.25) is 0 Å². The summed E-state index contributed by atoms with van der Waals surface area (Å²) < 4.78 is 5.24. The number of ether oxygens (including phenoxy) is 1. The zero-order valence-corrected chi connectivity index (χ0v) is 17.0. The molecule has 0 radical (unpaired) electrons. The maximum atomic E-state index is 11.8. The summed E-state index contributed by atoms with van der Waals surface area (Å²) in [5.41, 5.74) is 0.892. The standard InChI is InChI=1S/C21H33N3O3/c1-21(2,3)24(20(25)26)18-11-14-23(15-18)17-9-12-22(13-10-17)16-5-7-19(27-4)8-6-16/h5-8,17-18H,9-15H2,1-4H3,(H,25,26)/t18-/m1/s1. The van der Waals surface area contributed by atoms with Gasteiger partial charge >= 0.3 is 6.09 Å². The first-order valence-corrected chi connectivity index (χ1v) is 9.95. The fraction of sp³-hybridized carbons (Fsp3) is 0.667. The molecule has 1 amide bonds. The molecule has 1 aromatic rings. The lowest BCUT2D eigenvalue weighted by Gasteiger charge is -2.40. The number of rotatable bonds is 4. The van der Waals surface area contributed by atoms with E-state index in [4.69, 9.17) is 4.74 Å². The van der Waals surface area contributed by atoms with Crippen LogP contribution in [0.4, 0.5) is 10.5 Å². The third kappa shape index (κ3) is 4.49. The fourth-order valence-electron chi connectivity index (χ4n) is 4.58. The topological polar surface area (TPSA) is 56.2 Å². The number of piperidine rings is 1. The lowest BCUT2D eigenvalue weighted by atomic mass is 10.0. The largest absolute Gasteiger partial charge is 0.497 e. The lowest BCUT2D eigenvalue weighted by molar-refractivity contribution is 0.0692. The van der Waals surface area contributed by atoms with Gasteiger partial charge in [0.1, 0.15) is 5.75 Å². The molecule has 2 fully saturated rings. The van der Waals surface area contributed by atoms with Gasteiger partial charge in [0, 0.05) is 49.5 Å². The Bertz CT molecular complexity index is 633. The summed E-state index contributed by atoms with van der Waals surface area (Å²) in [4.78, 5) is 18.4. The van der Waals surface area contributed by atoms with Crippen LogP contribution in [0, 0.1) is 0 Å². The highest BCUT2D eigenvalue weighted by molar-refractivity contribution is 5.66. The van der Waals surface area contributed by atoms with E-state index in [1.807, 2.05) is 32.9 Å². The minimum atomic E-state index is -0.802. The SMILES string of the molecule is COc1ccc(N2CCC(N3CC[C@@H](N(C(=O)O)C(C)(C)C)C3)CC2)cc1. The van der Waals surface area contributed by atoms with Crippen molar-refractivity contribution in [3.63, 3.8) is 0 Å². The van der Waals surface area contributed by atoms with E-state index in [0.717, 1.165) is 51.2 Å². The maximum Gasteiger partial charge on any atom is 0.408 e. The average Bonchev–Trinajstić information content (AvgIpc) is 3.09. The van der Waals surface area contributed by atoms with Crippen molar-refractivity contribution in [1.29, 1.82) is 0 Å². The summed E-state index contributed by atoms with van der Waals surface area (Å²) >= 11 is 0. The number of hydrogen-bond acceptors (Lipinski definition) is 4. The van der Waals surface area contributed by atoms with Crippen LogP contribution in [0.1, 0.15) is 40.0 Å². The second-order valence-electron chi connectivity index (χ2n) is 8.68. The minimum Gasteiger partial charge on any atom is -0.497 e. The summed E-state index contributed by atoms with van der Waals surface area (Å²) in [6.07, 6.45) is 2.38. The molecule has 2 heterocycles. The van der Waals surface area contributed by atoms with Crippen molar-refractivity contribution in [3.05, 3.63) is 24.3 Å². The van der Waals surface area contributed by atoms with E-state index in [-0.39, 0.29) is 11.6 Å². The first-order chi connectivity index (χ1) is 12.8. The van der Waals surface area contributed by atoms with Crippen LogP contribution in [0.2, 0.25) is 0 Å². The van der Waals surface area contributed by atoms with Crippen molar-refractivity contribution in [2.24, 2.45) is 0 Å². The van der Waals surface area contributed by atoms with Crippen LogP contribution >= 0.6 is 0 Å². The molecule has 2 saturated heterocycles. The molecule has 3 rings (SSSR count). The Morgan fingerprint density at radius 1 is 1.11 bits per heavy atom. The number of nitrogens with zero attached hydrogens (tertiary/aromatic N) is 3. The normalized spacial score (nSPS) is 22.1. The molecule has 0 saturated carbocycles. The lowest BCUT2D eigenvalue weighted by Crippen LogP contribution is -2.53. The van der Waals surface area contributed by atoms with Crippen LogP contribution < -0.4 is 9.64 Å². The predicted molar refractivity (Wildman–Crippen MR) is 108 cm³/mol. The highest BCUT2D eigenvalue weighted by Gasteiger charge is 2.39. The predicted octanol–water partition coefficient (Wildman–Crippen LogP) is 3.52. The van der Waals surface area contributed by atoms with Crippen molar-refractivity contribution in [2.45, 2.75) is 57.7 Å². The Morgan fingerprint density at radius 3 is 2.26 bits per heavy atom. The van der Waals surface area contributed by atoms with Gasteiger partial charge in [0.25, 0.3) is 0 Å². The van der Waals surface area contributed by atoms with Gasteiger partial charge in [-0.2, -0.15) is 0 Å². The smallest absolute Gasteiger partial charge is 0.408 e. The number of carboxylic acid groups (broad SMARTS) is 1. The molecular formula is C21H33N3O3. The van der Waals surface area contributed by atoms with Gasteiger partial charge in [-0.25, -0.2) is 4.79 Å². The summed E-state index contributed by atoms with van der Waals surface area (Å²) in [5.74, 6) is 0.888. The van der Waals surface area contributed by atoms with Crippen LogP contribution in [0.5, 0.6) is 5.75 Å². The molecule has 27 heavy (non-hydrogen) atoms. The summed E-state index contributed by atoms with van der Waals surface area (Å²) in [6.45, 7) is 9.89. The Balaban J connectivity index is 1.55. The van der Waals surface area contributed by atoms with Crippen LogP contribution in [0.25, 0.3) is 0 Å². The van der Waals surface area contributed by atoms with Crippen molar-refractivity contribution in [1.82, 2.24) is 9.80 Å². The average molecular weight is 376 g/mol. The number of anilines is 1. The van der Waals surface area contributed by atoms with Crippen LogP contribution in [-0.2, 0) is 0 Å². The van der Waals surface area contributed by atoms with Crippen molar-refractivity contribution < 1.29 is 14.6 Å². The number of likely N-dealkylation sites (tertiary alicyclic amines) is 1. The molecule has 6 nitrogen and oxygen atoms in total. The Labute approximate surface area is 162 Å². The molecule has 1 aromatic carbocycles. The van der Waals surface area contributed by atoms with Crippen LogP contribution in [-0.4, -0.2) is 71.9 Å². The van der Waals surface area contributed by atoms with Gasteiger partial charge in [-0.1, -0.05) is 0 Å². The zero-order valence-electron chi connectivity index (χ0n) is 17.0. The molecule has 0 spiro atoms. The second-order valence-corrected chi connectivity index (χ2v) is 8.68. The molecular weight excluding hydrogens is 342 g/mol. The van der Waals surface area contributed by atoms with Gasteiger partial charge in [-0.3, -0.25) is 9.80 Å². The summed E-state index contributed by atoms with van der Waals surface area (Å²) in [5, 5.41) is 9.66. The molecule has 1 atom stereocenters. The van der Waals surface area contributed by atoms with Gasteiger partial charge in [-0.05, 0) is 64.3 Å². The van der Waals surface area contributed by atoms with E-state index >= 15 is 0 Å². The molecule has 2 aliphatic heterocycles. The monoisotopic (exact) mass is 375 g/mol. The van der Waals surface area contributed by atoms with Gasteiger partial charge < -0.3 is 14.7 Å². The van der Waals surface area contributed by atoms with E-state index in [0.29, 0.717) is 6.04 Å². The highest BCUT2D eigenvalue weighted by atomic mass is 16.5. The Kier molecular flexibility index (Phi) is 5.84. The van der Waals surface area contributed by atoms with Crippen LogP contribution in [0.3, 0.4) is 0 Å². The van der Waals surface area contributed by atoms with E-state index < -0.39 is 6.09 Å². The van der Waals surface area contributed by atoms with E-state index in [1.54, 1.807) is 12.0 Å². The first-order valence-electron chi connectivity index (χ1n) is 9.95. The van der Waals surface area contributed by atoms with Crippen molar-refractivity contribution >= 4 is 11.8 Å². The first kappa shape index (κ1) is 19.8. The highest BCUT2D eigenvalue weighted by Crippen LogP contribution is 2.29. The number of methoxy groups -OCH3 is 1. The van der Waals surface area contributed by atoms with Gasteiger partial charge in [-0.15, -0.1) is 0 Å². The second kappa shape index (κ2) is 7.97. The van der Waals surface area contributed by atoms with Crippen molar-refractivity contribution in [2.75, 3.05) is 38.2 Å². The van der Waals surface area contributed by atoms with Gasteiger partial charge in [0.15, 0.2) is 0 Å². The maximum absolute atomic E-state index is 11.8. The minimum absolute atomic E-state index is 0.0992. The number of carbonyl (C=O) groups is 1. The van der Waals surface area contributed by atoms with E-state index in [1.165, 1.54) is 5.69 Å². The number of benzene rings is 1. The summed E-state index contributed by atoms with van der Waals surface area (Å²) in [7, 11) is 1.69. The molecule has 0 aromatic heterocycles. The molecule has 0 aliphatic carbocycles. The quantitative estimate of drug-likeness (QED) is 0.873. The Morgan fingerprint density at radius 2 is 1.74 bits per heavy atom. The third-order valence-electron chi connectivity index (χ3n) is 5.91.